The highest BCUT2D eigenvalue weighted by atomic mass is 35.5. The van der Waals surface area contributed by atoms with Crippen molar-refractivity contribution in [2.45, 2.75) is 11.4 Å². The van der Waals surface area contributed by atoms with E-state index in [2.05, 4.69) is 9.97 Å². The van der Waals surface area contributed by atoms with Gasteiger partial charge in [-0.1, -0.05) is 29.0 Å². The Bertz CT molecular complexity index is 1140. The molecule has 1 amide bonds. The molecule has 4 nitrogen and oxygen atoms in total. The van der Waals surface area contributed by atoms with Crippen LogP contribution in [-0.4, -0.2) is 21.6 Å². The molecule has 0 aliphatic rings. The van der Waals surface area contributed by atoms with Gasteiger partial charge in [0.05, 0.1) is 28.2 Å². The lowest BCUT2D eigenvalue weighted by molar-refractivity contribution is -0.116. The first-order valence-electron chi connectivity index (χ1n) is 8.73. The van der Waals surface area contributed by atoms with Gasteiger partial charge in [-0.25, -0.2) is 9.37 Å². The van der Waals surface area contributed by atoms with Crippen molar-refractivity contribution in [3.8, 4) is 0 Å². The molecule has 0 aliphatic heterocycles. The van der Waals surface area contributed by atoms with Crippen molar-refractivity contribution >= 4 is 56.0 Å². The Balaban J connectivity index is 1.59. The molecule has 4 aromatic rings. The van der Waals surface area contributed by atoms with Gasteiger partial charge in [-0.3, -0.25) is 14.7 Å². The smallest absolute Gasteiger partial charge is 0.239 e. The standard InChI is InChI=1S/C21H15ClFN3OS2/c22-14-4-9-18-19(11-14)29-21(25-18)26(12-16-3-1-2-10-24-16)20(27)13-28-17-7-5-15(23)6-8-17/h1-11H,12-13H2. The number of thiazole rings is 1. The number of halogens is 2. The van der Waals surface area contributed by atoms with Crippen LogP contribution in [0.3, 0.4) is 0 Å². The summed E-state index contributed by atoms with van der Waals surface area (Å²) < 4.78 is 14.0. The average molecular weight is 444 g/mol. The third kappa shape index (κ3) is 4.93. The molecule has 0 radical (unpaired) electrons. The maximum absolute atomic E-state index is 13.1. The fourth-order valence-electron chi connectivity index (χ4n) is 2.67. The summed E-state index contributed by atoms with van der Waals surface area (Å²) in [5.41, 5.74) is 1.56. The number of pyridine rings is 1. The molecule has 0 unspecified atom stereocenters. The zero-order valence-electron chi connectivity index (χ0n) is 15.1. The average Bonchev–Trinajstić information content (AvgIpc) is 3.15. The van der Waals surface area contributed by atoms with Gasteiger partial charge in [0, 0.05) is 16.1 Å². The normalized spacial score (nSPS) is 11.0. The molecule has 2 aromatic carbocycles. The second-order valence-corrected chi connectivity index (χ2v) is 8.65. The zero-order chi connectivity index (χ0) is 20.2. The third-order valence-electron chi connectivity index (χ3n) is 4.09. The number of amides is 1. The van der Waals surface area contributed by atoms with Crippen molar-refractivity contribution in [1.29, 1.82) is 0 Å². The molecule has 0 atom stereocenters. The van der Waals surface area contributed by atoms with Gasteiger partial charge in [0.2, 0.25) is 5.91 Å². The zero-order valence-corrected chi connectivity index (χ0v) is 17.5. The van der Waals surface area contributed by atoms with E-state index in [1.54, 1.807) is 29.3 Å². The maximum Gasteiger partial charge on any atom is 0.239 e. The topological polar surface area (TPSA) is 46.1 Å². The number of carbonyl (C=O) groups is 1. The fourth-order valence-corrected chi connectivity index (χ4v) is 4.70. The summed E-state index contributed by atoms with van der Waals surface area (Å²) in [6, 6.07) is 17.1. The van der Waals surface area contributed by atoms with Crippen LogP contribution in [0, 0.1) is 5.82 Å². The highest BCUT2D eigenvalue weighted by Gasteiger charge is 2.21. The molecular formula is C21H15ClFN3OS2. The van der Waals surface area contributed by atoms with Crippen LogP contribution in [0.15, 0.2) is 71.8 Å². The SMILES string of the molecule is O=C(CSc1ccc(F)cc1)N(Cc1ccccn1)c1nc2ccc(Cl)cc2s1. The van der Waals surface area contributed by atoms with Gasteiger partial charge in [-0.2, -0.15) is 0 Å². The van der Waals surface area contributed by atoms with Crippen LogP contribution in [0.25, 0.3) is 10.2 Å². The molecule has 0 saturated carbocycles. The van der Waals surface area contributed by atoms with Gasteiger partial charge in [-0.15, -0.1) is 11.8 Å². The Morgan fingerprint density at radius 1 is 1.14 bits per heavy atom. The molecule has 146 valence electrons. The predicted molar refractivity (Wildman–Crippen MR) is 117 cm³/mol. The first-order valence-corrected chi connectivity index (χ1v) is 10.9. The molecule has 0 N–H and O–H groups in total. The quantitative estimate of drug-likeness (QED) is 0.353. The molecule has 29 heavy (non-hydrogen) atoms. The van der Waals surface area contributed by atoms with Crippen molar-refractivity contribution in [2.75, 3.05) is 10.7 Å². The minimum atomic E-state index is -0.300. The van der Waals surface area contributed by atoms with Crippen LogP contribution >= 0.6 is 34.7 Å². The van der Waals surface area contributed by atoms with Crippen molar-refractivity contribution in [1.82, 2.24) is 9.97 Å². The van der Waals surface area contributed by atoms with Gasteiger partial charge < -0.3 is 0 Å². The molecular weight excluding hydrogens is 429 g/mol. The van der Waals surface area contributed by atoms with Crippen molar-refractivity contribution < 1.29 is 9.18 Å². The molecule has 2 heterocycles. The monoisotopic (exact) mass is 443 g/mol. The predicted octanol–water partition coefficient (Wildman–Crippen LogP) is 5.81. The van der Waals surface area contributed by atoms with Gasteiger partial charge in [-0.05, 0) is 54.6 Å². The van der Waals surface area contributed by atoms with Crippen LogP contribution in [0.2, 0.25) is 5.02 Å². The van der Waals surface area contributed by atoms with E-state index in [1.165, 1.54) is 35.2 Å². The van der Waals surface area contributed by atoms with Crippen LogP contribution in [0.4, 0.5) is 9.52 Å². The Labute approximate surface area is 180 Å². The van der Waals surface area contributed by atoms with Crippen molar-refractivity contribution in [2.24, 2.45) is 0 Å². The molecule has 0 saturated heterocycles. The first-order chi connectivity index (χ1) is 14.1. The van der Waals surface area contributed by atoms with E-state index in [0.29, 0.717) is 16.7 Å². The summed E-state index contributed by atoms with van der Waals surface area (Å²) in [7, 11) is 0. The molecule has 4 rings (SSSR count). The number of thioether (sulfide) groups is 1. The number of anilines is 1. The highest BCUT2D eigenvalue weighted by molar-refractivity contribution is 8.00. The van der Waals surface area contributed by atoms with E-state index in [4.69, 9.17) is 11.6 Å². The van der Waals surface area contributed by atoms with Crippen LogP contribution in [0.1, 0.15) is 5.69 Å². The summed E-state index contributed by atoms with van der Waals surface area (Å²) in [6.07, 6.45) is 1.70. The third-order valence-corrected chi connectivity index (χ3v) is 6.37. The number of aromatic nitrogens is 2. The summed E-state index contributed by atoms with van der Waals surface area (Å²) in [4.78, 5) is 24.5. The Hall–Kier alpha value is -2.48. The second-order valence-electron chi connectivity index (χ2n) is 6.15. The second kappa shape index (κ2) is 8.90. The number of carbonyl (C=O) groups excluding carboxylic acids is 1. The largest absolute Gasteiger partial charge is 0.281 e. The number of hydrogen-bond donors (Lipinski definition) is 0. The summed E-state index contributed by atoms with van der Waals surface area (Å²) >= 11 is 8.86. The van der Waals surface area contributed by atoms with Crippen LogP contribution in [0.5, 0.6) is 0 Å². The number of hydrogen-bond acceptors (Lipinski definition) is 5. The number of fused-ring (bicyclic) bond motifs is 1. The van der Waals surface area contributed by atoms with Crippen molar-refractivity contribution in [3.63, 3.8) is 0 Å². The molecule has 0 spiro atoms. The summed E-state index contributed by atoms with van der Waals surface area (Å²) in [5.74, 6) is -0.199. The number of rotatable bonds is 6. The fraction of sp³-hybridized carbons (Fsp3) is 0.0952. The van der Waals surface area contributed by atoms with E-state index in [1.807, 2.05) is 30.3 Å². The minimum absolute atomic E-state index is 0.102. The van der Waals surface area contributed by atoms with Crippen LogP contribution in [-0.2, 0) is 11.3 Å². The highest BCUT2D eigenvalue weighted by Crippen LogP contribution is 2.32. The Kier molecular flexibility index (Phi) is 6.08. The first kappa shape index (κ1) is 19.8. The minimum Gasteiger partial charge on any atom is -0.281 e. The van der Waals surface area contributed by atoms with E-state index >= 15 is 0 Å². The van der Waals surface area contributed by atoms with Gasteiger partial charge in [0.15, 0.2) is 5.13 Å². The van der Waals surface area contributed by atoms with Crippen LogP contribution < -0.4 is 4.90 Å². The molecule has 8 heteroatoms. The molecule has 0 bridgehead atoms. The lowest BCUT2D eigenvalue weighted by Gasteiger charge is -2.19. The summed E-state index contributed by atoms with van der Waals surface area (Å²) in [6.45, 7) is 0.317. The van der Waals surface area contributed by atoms with Crippen molar-refractivity contribution in [3.05, 3.63) is 83.4 Å². The van der Waals surface area contributed by atoms with E-state index in [0.717, 1.165) is 20.8 Å². The molecule has 2 aromatic heterocycles. The lowest BCUT2D eigenvalue weighted by Crippen LogP contribution is -2.32. The Morgan fingerprint density at radius 3 is 2.72 bits per heavy atom. The maximum atomic E-state index is 13.1. The van der Waals surface area contributed by atoms with E-state index in [-0.39, 0.29) is 17.5 Å². The lowest BCUT2D eigenvalue weighted by atomic mass is 10.3. The van der Waals surface area contributed by atoms with Gasteiger partial charge in [0.25, 0.3) is 0 Å². The van der Waals surface area contributed by atoms with E-state index in [9.17, 15) is 9.18 Å². The molecule has 0 aliphatic carbocycles. The molecule has 0 fully saturated rings. The van der Waals surface area contributed by atoms with Gasteiger partial charge >= 0.3 is 0 Å². The number of benzene rings is 2. The van der Waals surface area contributed by atoms with Gasteiger partial charge in [0.1, 0.15) is 5.82 Å². The number of nitrogens with zero attached hydrogens (tertiary/aromatic N) is 3. The van der Waals surface area contributed by atoms with E-state index < -0.39 is 0 Å². The summed E-state index contributed by atoms with van der Waals surface area (Å²) in [5, 5.41) is 1.22. The Morgan fingerprint density at radius 2 is 1.97 bits per heavy atom.